The number of carbonyl (C=O) groups excluding carboxylic acids is 1. The lowest BCUT2D eigenvalue weighted by Gasteiger charge is -2.05. The Morgan fingerprint density at radius 2 is 2.19 bits per heavy atom. The van der Waals surface area contributed by atoms with Crippen molar-refractivity contribution in [3.05, 3.63) is 35.4 Å². The Morgan fingerprint density at radius 1 is 1.44 bits per heavy atom. The molecule has 0 bridgehead atoms. The molecular weight excluding hydrogens is 210 g/mol. The summed E-state index contributed by atoms with van der Waals surface area (Å²) in [5, 5.41) is 11.3. The van der Waals surface area contributed by atoms with Crippen LogP contribution in [0.15, 0.2) is 24.3 Å². The zero-order valence-electron chi connectivity index (χ0n) is 8.90. The van der Waals surface area contributed by atoms with Crippen LogP contribution in [0.2, 0.25) is 0 Å². The van der Waals surface area contributed by atoms with Gasteiger partial charge in [-0.1, -0.05) is 12.1 Å². The molecule has 2 N–H and O–H groups in total. The van der Waals surface area contributed by atoms with E-state index in [0.29, 0.717) is 12.2 Å². The van der Waals surface area contributed by atoms with Gasteiger partial charge in [0.25, 0.3) is 0 Å². The Labute approximate surface area is 93.0 Å². The highest BCUT2D eigenvalue weighted by Gasteiger charge is 2.04. The van der Waals surface area contributed by atoms with Crippen molar-refractivity contribution in [1.82, 2.24) is 5.32 Å². The molecule has 0 saturated carbocycles. The molecule has 1 rings (SSSR count). The highest BCUT2D eigenvalue weighted by atomic mass is 16.5. The number of carboxylic acids is 1. The van der Waals surface area contributed by atoms with Crippen LogP contribution in [0.25, 0.3) is 0 Å². The number of alkyl carbamates (subject to hydrolysis) is 1. The molecular formula is C11H13NO4. The molecule has 0 aliphatic carbocycles. The van der Waals surface area contributed by atoms with Crippen LogP contribution in [0, 0.1) is 0 Å². The number of carbonyl (C=O) groups is 2. The molecule has 0 aromatic heterocycles. The molecule has 1 aromatic carbocycles. The van der Waals surface area contributed by atoms with Gasteiger partial charge in [-0.25, -0.2) is 9.59 Å². The zero-order chi connectivity index (χ0) is 12.0. The second-order valence-electron chi connectivity index (χ2n) is 3.08. The standard InChI is InChI=1S/C11H13NO4/c1-2-16-11(15)12-7-8-4-3-5-9(6-8)10(13)14/h3-6H,2,7H2,1H3,(H,12,15)(H,13,14). The van der Waals surface area contributed by atoms with Gasteiger partial charge in [0.2, 0.25) is 0 Å². The van der Waals surface area contributed by atoms with Crippen molar-refractivity contribution in [3.8, 4) is 0 Å². The second-order valence-corrected chi connectivity index (χ2v) is 3.08. The number of nitrogens with one attached hydrogen (secondary N) is 1. The maximum atomic E-state index is 11.0. The lowest BCUT2D eigenvalue weighted by atomic mass is 10.1. The number of amides is 1. The topological polar surface area (TPSA) is 75.6 Å². The number of rotatable bonds is 4. The molecule has 5 nitrogen and oxygen atoms in total. The first kappa shape index (κ1) is 12.0. The predicted molar refractivity (Wildman–Crippen MR) is 57.3 cm³/mol. The normalized spacial score (nSPS) is 9.56. The fraction of sp³-hybridized carbons (Fsp3) is 0.273. The highest BCUT2D eigenvalue weighted by molar-refractivity contribution is 5.87. The van der Waals surface area contributed by atoms with Gasteiger partial charge in [0.15, 0.2) is 0 Å². The van der Waals surface area contributed by atoms with E-state index >= 15 is 0 Å². The summed E-state index contributed by atoms with van der Waals surface area (Å²) < 4.78 is 4.67. The number of hydrogen-bond acceptors (Lipinski definition) is 3. The van der Waals surface area contributed by atoms with E-state index in [1.807, 2.05) is 0 Å². The monoisotopic (exact) mass is 223 g/mol. The average molecular weight is 223 g/mol. The maximum absolute atomic E-state index is 11.0. The van der Waals surface area contributed by atoms with Crippen LogP contribution < -0.4 is 5.32 Å². The summed E-state index contributed by atoms with van der Waals surface area (Å²) in [6, 6.07) is 6.37. The van der Waals surface area contributed by atoms with Gasteiger partial charge in [-0.2, -0.15) is 0 Å². The van der Waals surface area contributed by atoms with Crippen molar-refractivity contribution >= 4 is 12.1 Å². The molecule has 5 heteroatoms. The first-order valence-corrected chi connectivity index (χ1v) is 4.86. The summed E-state index contributed by atoms with van der Waals surface area (Å²) in [5.41, 5.74) is 0.913. The van der Waals surface area contributed by atoms with E-state index in [1.54, 1.807) is 19.1 Å². The molecule has 1 amide bonds. The fourth-order valence-corrected chi connectivity index (χ4v) is 1.17. The van der Waals surface area contributed by atoms with Gasteiger partial charge < -0.3 is 15.2 Å². The van der Waals surface area contributed by atoms with Crippen molar-refractivity contribution in [2.75, 3.05) is 6.61 Å². The number of carboxylic acid groups (broad SMARTS) is 1. The molecule has 0 fully saturated rings. The van der Waals surface area contributed by atoms with Gasteiger partial charge in [0, 0.05) is 6.54 Å². The molecule has 0 radical (unpaired) electrons. The minimum Gasteiger partial charge on any atom is -0.478 e. The van der Waals surface area contributed by atoms with Crippen LogP contribution in [-0.4, -0.2) is 23.8 Å². The molecule has 0 atom stereocenters. The summed E-state index contributed by atoms with van der Waals surface area (Å²) in [5.74, 6) is -0.988. The number of ether oxygens (including phenoxy) is 1. The summed E-state index contributed by atoms with van der Waals surface area (Å²) in [4.78, 5) is 21.7. The summed E-state index contributed by atoms with van der Waals surface area (Å²) in [6.07, 6.45) is -0.511. The molecule has 0 aliphatic rings. The molecule has 0 aliphatic heterocycles. The lowest BCUT2D eigenvalue weighted by molar-refractivity contribution is 0.0696. The van der Waals surface area contributed by atoms with E-state index in [2.05, 4.69) is 10.1 Å². The van der Waals surface area contributed by atoms with E-state index in [4.69, 9.17) is 5.11 Å². The average Bonchev–Trinajstić information content (AvgIpc) is 2.27. The Balaban J connectivity index is 2.57. The molecule has 0 saturated heterocycles. The van der Waals surface area contributed by atoms with E-state index in [9.17, 15) is 9.59 Å². The van der Waals surface area contributed by atoms with Gasteiger partial charge in [-0.3, -0.25) is 0 Å². The van der Waals surface area contributed by atoms with Gasteiger partial charge >= 0.3 is 12.1 Å². The second kappa shape index (κ2) is 5.75. The largest absolute Gasteiger partial charge is 0.478 e. The number of benzene rings is 1. The van der Waals surface area contributed by atoms with Gasteiger partial charge in [-0.15, -0.1) is 0 Å². The Hall–Kier alpha value is -2.04. The Kier molecular flexibility index (Phi) is 4.32. The third-order valence-corrected chi connectivity index (χ3v) is 1.89. The number of hydrogen-bond donors (Lipinski definition) is 2. The Bertz CT molecular complexity index is 389. The molecule has 16 heavy (non-hydrogen) atoms. The van der Waals surface area contributed by atoms with Crippen LogP contribution >= 0.6 is 0 Å². The molecule has 0 unspecified atom stereocenters. The third kappa shape index (κ3) is 3.61. The number of aromatic carboxylic acids is 1. The minimum atomic E-state index is -0.988. The van der Waals surface area contributed by atoms with E-state index in [0.717, 1.165) is 0 Å². The van der Waals surface area contributed by atoms with Crippen molar-refractivity contribution in [3.63, 3.8) is 0 Å². The first-order chi connectivity index (χ1) is 7.63. The van der Waals surface area contributed by atoms with Gasteiger partial charge in [0.1, 0.15) is 0 Å². The van der Waals surface area contributed by atoms with Crippen molar-refractivity contribution in [1.29, 1.82) is 0 Å². The lowest BCUT2D eigenvalue weighted by Crippen LogP contribution is -2.23. The molecule has 1 aromatic rings. The Morgan fingerprint density at radius 3 is 2.81 bits per heavy atom. The van der Waals surface area contributed by atoms with Crippen molar-refractivity contribution < 1.29 is 19.4 Å². The first-order valence-electron chi connectivity index (χ1n) is 4.86. The summed E-state index contributed by atoms with van der Waals surface area (Å²) >= 11 is 0. The zero-order valence-corrected chi connectivity index (χ0v) is 8.90. The fourth-order valence-electron chi connectivity index (χ4n) is 1.17. The van der Waals surface area contributed by atoms with Crippen molar-refractivity contribution in [2.45, 2.75) is 13.5 Å². The van der Waals surface area contributed by atoms with E-state index in [-0.39, 0.29) is 12.1 Å². The quantitative estimate of drug-likeness (QED) is 0.813. The van der Waals surface area contributed by atoms with Gasteiger partial charge in [-0.05, 0) is 24.6 Å². The van der Waals surface area contributed by atoms with Crippen LogP contribution in [0.5, 0.6) is 0 Å². The maximum Gasteiger partial charge on any atom is 0.407 e. The van der Waals surface area contributed by atoms with E-state index < -0.39 is 12.1 Å². The van der Waals surface area contributed by atoms with E-state index in [1.165, 1.54) is 12.1 Å². The summed E-state index contributed by atoms with van der Waals surface area (Å²) in [6.45, 7) is 2.27. The van der Waals surface area contributed by atoms with Crippen LogP contribution in [0.1, 0.15) is 22.8 Å². The van der Waals surface area contributed by atoms with Crippen LogP contribution in [-0.2, 0) is 11.3 Å². The smallest absolute Gasteiger partial charge is 0.407 e. The molecule has 0 spiro atoms. The SMILES string of the molecule is CCOC(=O)NCc1cccc(C(=O)O)c1. The molecule has 0 heterocycles. The summed E-state index contributed by atoms with van der Waals surface area (Å²) in [7, 11) is 0. The van der Waals surface area contributed by atoms with Crippen LogP contribution in [0.3, 0.4) is 0 Å². The predicted octanol–water partition coefficient (Wildman–Crippen LogP) is 1.63. The van der Waals surface area contributed by atoms with Gasteiger partial charge in [0.05, 0.1) is 12.2 Å². The third-order valence-electron chi connectivity index (χ3n) is 1.89. The van der Waals surface area contributed by atoms with Crippen LogP contribution in [0.4, 0.5) is 4.79 Å². The van der Waals surface area contributed by atoms with Crippen molar-refractivity contribution in [2.24, 2.45) is 0 Å². The minimum absolute atomic E-state index is 0.197. The molecule has 86 valence electrons. The highest BCUT2D eigenvalue weighted by Crippen LogP contribution is 2.05.